The zero-order chi connectivity index (χ0) is 18.8. The molecule has 1 amide bonds. The molecule has 3 aromatic rings. The van der Waals surface area contributed by atoms with Crippen molar-refractivity contribution in [2.45, 2.75) is 19.9 Å². The topological polar surface area (TPSA) is 79.8 Å². The van der Waals surface area contributed by atoms with E-state index in [4.69, 9.17) is 11.6 Å². The Morgan fingerprint density at radius 3 is 2.50 bits per heavy atom. The van der Waals surface area contributed by atoms with Crippen molar-refractivity contribution in [1.29, 1.82) is 0 Å². The van der Waals surface area contributed by atoms with Crippen LogP contribution in [0.5, 0.6) is 0 Å². The lowest BCUT2D eigenvalue weighted by molar-refractivity contribution is 0.0938. The first-order valence-corrected chi connectivity index (χ1v) is 8.53. The highest BCUT2D eigenvalue weighted by Crippen LogP contribution is 2.19. The van der Waals surface area contributed by atoms with Crippen LogP contribution in [0.2, 0.25) is 5.02 Å². The maximum Gasteiger partial charge on any atom is 0.261 e. The first kappa shape index (κ1) is 17.9. The van der Waals surface area contributed by atoms with Crippen molar-refractivity contribution in [2.24, 2.45) is 7.05 Å². The molecule has 0 spiro atoms. The van der Waals surface area contributed by atoms with Crippen molar-refractivity contribution in [3.8, 4) is 11.3 Å². The molecule has 0 radical (unpaired) electrons. The summed E-state index contributed by atoms with van der Waals surface area (Å²) in [5.41, 5.74) is 2.94. The van der Waals surface area contributed by atoms with Crippen LogP contribution in [0.15, 0.2) is 47.4 Å². The summed E-state index contributed by atoms with van der Waals surface area (Å²) in [6, 6.07) is 10.1. The Morgan fingerprint density at radius 1 is 1.23 bits per heavy atom. The Labute approximate surface area is 155 Å². The van der Waals surface area contributed by atoms with Gasteiger partial charge in [-0.15, -0.1) is 0 Å². The van der Waals surface area contributed by atoms with Crippen molar-refractivity contribution >= 4 is 17.5 Å². The molecule has 7 heteroatoms. The zero-order valence-corrected chi connectivity index (χ0v) is 15.5. The average molecular weight is 371 g/mol. The Balaban J connectivity index is 1.81. The van der Waals surface area contributed by atoms with Gasteiger partial charge in [-0.1, -0.05) is 23.7 Å². The normalized spacial score (nSPS) is 12.0. The molecule has 2 aromatic heterocycles. The highest BCUT2D eigenvalue weighted by Gasteiger charge is 2.17. The molecular weight excluding hydrogens is 352 g/mol. The number of nitrogens with zero attached hydrogens (tertiary/aromatic N) is 2. The molecule has 1 atom stereocenters. The van der Waals surface area contributed by atoms with Crippen LogP contribution in [0, 0.1) is 6.92 Å². The maximum atomic E-state index is 12.5. The van der Waals surface area contributed by atoms with Gasteiger partial charge in [0.2, 0.25) is 0 Å². The summed E-state index contributed by atoms with van der Waals surface area (Å²) >= 11 is 5.88. The van der Waals surface area contributed by atoms with Gasteiger partial charge < -0.3 is 10.3 Å². The lowest BCUT2D eigenvalue weighted by Crippen LogP contribution is -2.31. The average Bonchev–Trinajstić information content (AvgIpc) is 2.94. The van der Waals surface area contributed by atoms with Crippen LogP contribution in [0.25, 0.3) is 11.3 Å². The number of benzene rings is 1. The maximum absolute atomic E-state index is 12.5. The van der Waals surface area contributed by atoms with Crippen LogP contribution >= 0.6 is 11.6 Å². The molecule has 0 fully saturated rings. The third-order valence-electron chi connectivity index (χ3n) is 4.40. The summed E-state index contributed by atoms with van der Waals surface area (Å²) in [5, 5.41) is 7.64. The lowest BCUT2D eigenvalue weighted by Gasteiger charge is -2.13. The minimum absolute atomic E-state index is 0.0658. The molecule has 0 aliphatic carbocycles. The highest BCUT2D eigenvalue weighted by molar-refractivity contribution is 6.30. The SMILES string of the molecule is Cc1c([C@@H](C)NC(=O)c2ccc(-c3ccc(Cl)cc3)[nH]c2=O)cnn1C. The van der Waals surface area contributed by atoms with Gasteiger partial charge in [0.25, 0.3) is 11.5 Å². The molecule has 134 valence electrons. The highest BCUT2D eigenvalue weighted by atomic mass is 35.5. The lowest BCUT2D eigenvalue weighted by atomic mass is 10.1. The number of halogens is 1. The molecule has 3 rings (SSSR count). The van der Waals surface area contributed by atoms with Crippen molar-refractivity contribution in [3.05, 3.63) is 74.8 Å². The number of H-pyrrole nitrogens is 1. The fraction of sp³-hybridized carbons (Fsp3) is 0.211. The van der Waals surface area contributed by atoms with Crippen LogP contribution in [0.1, 0.15) is 34.6 Å². The van der Waals surface area contributed by atoms with Gasteiger partial charge in [-0.05, 0) is 43.7 Å². The minimum Gasteiger partial charge on any atom is -0.345 e. The van der Waals surface area contributed by atoms with Crippen LogP contribution < -0.4 is 10.9 Å². The quantitative estimate of drug-likeness (QED) is 0.740. The smallest absolute Gasteiger partial charge is 0.261 e. The Hall–Kier alpha value is -2.86. The van der Waals surface area contributed by atoms with E-state index in [2.05, 4.69) is 15.4 Å². The molecule has 0 saturated heterocycles. The van der Waals surface area contributed by atoms with E-state index in [0.29, 0.717) is 10.7 Å². The molecule has 0 aliphatic rings. The van der Waals surface area contributed by atoms with Crippen molar-refractivity contribution in [2.75, 3.05) is 0 Å². The summed E-state index contributed by atoms with van der Waals surface area (Å²) in [6.07, 6.45) is 1.72. The van der Waals surface area contributed by atoms with Crippen molar-refractivity contribution in [1.82, 2.24) is 20.1 Å². The Bertz CT molecular complexity index is 1010. The van der Waals surface area contributed by atoms with E-state index in [-0.39, 0.29) is 11.6 Å². The van der Waals surface area contributed by atoms with Gasteiger partial charge in [-0.2, -0.15) is 5.10 Å². The van der Waals surface area contributed by atoms with Gasteiger partial charge in [-0.25, -0.2) is 0 Å². The number of aryl methyl sites for hydroxylation is 1. The molecule has 1 aromatic carbocycles. The van der Waals surface area contributed by atoms with E-state index in [9.17, 15) is 9.59 Å². The van der Waals surface area contributed by atoms with Gasteiger partial charge in [0.05, 0.1) is 12.2 Å². The number of nitrogens with one attached hydrogen (secondary N) is 2. The standard InChI is InChI=1S/C19H19ClN4O2/c1-11(16-10-21-24(3)12(16)2)22-18(25)15-8-9-17(23-19(15)26)13-4-6-14(20)7-5-13/h4-11H,1-3H3,(H,22,25)(H,23,26)/t11-/m1/s1. The largest absolute Gasteiger partial charge is 0.345 e. The molecule has 0 bridgehead atoms. The summed E-state index contributed by atoms with van der Waals surface area (Å²) in [5.74, 6) is -0.426. The number of carbonyl (C=O) groups excluding carboxylic acids is 1. The second-order valence-electron chi connectivity index (χ2n) is 6.13. The first-order valence-electron chi connectivity index (χ1n) is 8.15. The number of carbonyl (C=O) groups is 1. The third kappa shape index (κ3) is 3.55. The number of rotatable bonds is 4. The summed E-state index contributed by atoms with van der Waals surface area (Å²) in [4.78, 5) is 27.6. The van der Waals surface area contributed by atoms with Gasteiger partial charge in [-0.3, -0.25) is 14.3 Å². The fourth-order valence-electron chi connectivity index (χ4n) is 2.74. The van der Waals surface area contributed by atoms with E-state index in [0.717, 1.165) is 16.8 Å². The molecule has 6 nitrogen and oxygen atoms in total. The van der Waals surface area contributed by atoms with Crippen molar-refractivity contribution in [3.63, 3.8) is 0 Å². The fourth-order valence-corrected chi connectivity index (χ4v) is 2.87. The monoisotopic (exact) mass is 370 g/mol. The minimum atomic E-state index is -0.440. The number of hydrogen-bond acceptors (Lipinski definition) is 3. The van der Waals surface area contributed by atoms with E-state index in [1.54, 1.807) is 41.2 Å². The summed E-state index contributed by atoms with van der Waals surface area (Å²) < 4.78 is 1.74. The number of aromatic nitrogens is 3. The van der Waals surface area contributed by atoms with Crippen LogP contribution in [-0.4, -0.2) is 20.7 Å². The number of amides is 1. The van der Waals surface area contributed by atoms with Gasteiger partial charge in [0.1, 0.15) is 5.56 Å². The second kappa shape index (κ2) is 7.17. The molecule has 0 saturated carbocycles. The number of pyridine rings is 1. The van der Waals surface area contributed by atoms with Crippen molar-refractivity contribution < 1.29 is 4.79 Å². The predicted octanol–water partition coefficient (Wildman–Crippen LogP) is 3.23. The number of aromatic amines is 1. The van der Waals surface area contributed by atoms with Crippen LogP contribution in [0.4, 0.5) is 0 Å². The van der Waals surface area contributed by atoms with Gasteiger partial charge >= 0.3 is 0 Å². The molecule has 2 N–H and O–H groups in total. The van der Waals surface area contributed by atoms with E-state index < -0.39 is 11.5 Å². The Kier molecular flexibility index (Phi) is 4.95. The predicted molar refractivity (Wildman–Crippen MR) is 101 cm³/mol. The van der Waals surface area contributed by atoms with Crippen LogP contribution in [0.3, 0.4) is 0 Å². The summed E-state index contributed by atoms with van der Waals surface area (Å²) in [6.45, 7) is 3.79. The van der Waals surface area contributed by atoms with Gasteiger partial charge in [0, 0.05) is 29.0 Å². The molecule has 26 heavy (non-hydrogen) atoms. The first-order chi connectivity index (χ1) is 12.4. The molecule has 2 heterocycles. The van der Waals surface area contributed by atoms with Crippen LogP contribution in [-0.2, 0) is 7.05 Å². The molecule has 0 aliphatic heterocycles. The molecular formula is C19H19ClN4O2. The summed E-state index contributed by atoms with van der Waals surface area (Å²) in [7, 11) is 1.84. The van der Waals surface area contributed by atoms with E-state index >= 15 is 0 Å². The Morgan fingerprint density at radius 2 is 1.92 bits per heavy atom. The third-order valence-corrected chi connectivity index (χ3v) is 4.65. The molecule has 0 unspecified atom stereocenters. The number of hydrogen-bond donors (Lipinski definition) is 2. The van der Waals surface area contributed by atoms with E-state index in [1.165, 1.54) is 6.07 Å². The zero-order valence-electron chi connectivity index (χ0n) is 14.7. The second-order valence-corrected chi connectivity index (χ2v) is 6.56. The van der Waals surface area contributed by atoms with Gasteiger partial charge in [0.15, 0.2) is 0 Å². The van der Waals surface area contributed by atoms with E-state index in [1.807, 2.05) is 20.9 Å².